The Bertz CT molecular complexity index is 1780. The van der Waals surface area contributed by atoms with Gasteiger partial charge in [0.2, 0.25) is 0 Å². The summed E-state index contributed by atoms with van der Waals surface area (Å²) in [5.74, 6) is 0.689. The number of alkyl carbamates (subject to hydrolysis) is 2. The number of piperidine rings is 2. The van der Waals surface area contributed by atoms with Gasteiger partial charge in [0.15, 0.2) is 17.3 Å². The zero-order chi connectivity index (χ0) is 42.6. The highest BCUT2D eigenvalue weighted by molar-refractivity contribution is 9.10. The number of nitrogens with zero attached hydrogens (tertiary/aromatic N) is 6. The van der Waals surface area contributed by atoms with Gasteiger partial charge < -0.3 is 49.2 Å². The first kappa shape index (κ1) is 48.3. The molecule has 0 aromatic carbocycles. The third kappa shape index (κ3) is 11.9. The Morgan fingerprint density at radius 3 is 1.59 bits per heavy atom. The fourth-order valence-corrected chi connectivity index (χ4v) is 8.80. The van der Waals surface area contributed by atoms with Crippen LogP contribution in [0.3, 0.4) is 0 Å². The first-order valence-electron chi connectivity index (χ1n) is 19.6. The number of nitrogens with one attached hydrogen (secondary N) is 2. The van der Waals surface area contributed by atoms with Gasteiger partial charge in [0, 0.05) is 37.0 Å². The van der Waals surface area contributed by atoms with Crippen molar-refractivity contribution in [2.24, 2.45) is 10.8 Å². The summed E-state index contributed by atoms with van der Waals surface area (Å²) < 4.78 is 28.7. The number of rotatable bonds is 6. The van der Waals surface area contributed by atoms with Crippen LogP contribution in [0.2, 0.25) is 0 Å². The van der Waals surface area contributed by atoms with Gasteiger partial charge in [-0.25, -0.2) is 34.3 Å². The molecule has 2 amide bonds. The zero-order valence-corrected chi connectivity index (χ0v) is 38.1. The molecular formula is C40H62Br2N8O9. The highest BCUT2D eigenvalue weighted by Crippen LogP contribution is 2.44. The number of aliphatic hydroxyl groups excluding tert-OH is 1. The van der Waals surface area contributed by atoms with Crippen molar-refractivity contribution < 1.29 is 43.2 Å². The number of amides is 2. The minimum atomic E-state index is -0.562. The predicted octanol–water partition coefficient (Wildman–Crippen LogP) is 6.19. The molecule has 2 aromatic rings. The maximum atomic E-state index is 12.4. The van der Waals surface area contributed by atoms with E-state index in [9.17, 15) is 19.5 Å². The van der Waals surface area contributed by atoms with Crippen molar-refractivity contribution in [3.8, 4) is 0 Å². The minimum Gasteiger partial charge on any atom is -0.464 e. The zero-order valence-electron chi connectivity index (χ0n) is 34.9. The van der Waals surface area contributed by atoms with Crippen molar-refractivity contribution in [3.63, 3.8) is 0 Å². The van der Waals surface area contributed by atoms with E-state index in [0.29, 0.717) is 52.8 Å². The Labute approximate surface area is 364 Å². The van der Waals surface area contributed by atoms with Gasteiger partial charge in [-0.2, -0.15) is 0 Å². The molecule has 4 aliphatic heterocycles. The number of halogens is 2. The van der Waals surface area contributed by atoms with Crippen LogP contribution in [0.4, 0.5) is 21.2 Å². The van der Waals surface area contributed by atoms with Crippen LogP contribution in [0.25, 0.3) is 0 Å². The molecule has 4 aliphatic rings. The Balaban J connectivity index is 0.000000257. The van der Waals surface area contributed by atoms with Gasteiger partial charge in [0.25, 0.3) is 0 Å². The molecule has 19 heteroatoms. The van der Waals surface area contributed by atoms with E-state index in [4.69, 9.17) is 23.7 Å². The van der Waals surface area contributed by atoms with Crippen molar-refractivity contribution in [1.82, 2.24) is 30.6 Å². The molecule has 0 bridgehead atoms. The monoisotopic (exact) mass is 956 g/mol. The van der Waals surface area contributed by atoms with Crippen LogP contribution in [0.5, 0.6) is 0 Å². The third-order valence-electron chi connectivity index (χ3n) is 11.0. The molecule has 17 nitrogen and oxygen atoms in total. The van der Waals surface area contributed by atoms with Gasteiger partial charge in [0.1, 0.15) is 26.1 Å². The summed E-state index contributed by atoms with van der Waals surface area (Å²) in [4.78, 5) is 58.5. The SMILES string of the molecule is C.COC(=O)c1nc(Br)cnc1N1CCC2(CC1)CO[C@@H](C)[C@H]2NC(=O)OC(C)(C)C.C[C@@H]1OCC2(CCN(c3ncc(Br)nc3CO)CC2)[C@@H]1NC(=O)OC(C)(C)C. The summed E-state index contributed by atoms with van der Waals surface area (Å²) in [6.07, 6.45) is 5.44. The third-order valence-corrected chi connectivity index (χ3v) is 11.8. The lowest BCUT2D eigenvalue weighted by atomic mass is 9.73. The van der Waals surface area contributed by atoms with E-state index in [2.05, 4.69) is 67.3 Å². The molecule has 3 N–H and O–H groups in total. The minimum absolute atomic E-state index is 0. The van der Waals surface area contributed by atoms with E-state index in [-0.39, 0.29) is 54.8 Å². The smallest absolute Gasteiger partial charge is 0.407 e. The number of hydrogen-bond acceptors (Lipinski definition) is 15. The second kappa shape index (κ2) is 19.5. The number of methoxy groups -OCH3 is 1. The van der Waals surface area contributed by atoms with E-state index in [1.807, 2.05) is 60.3 Å². The number of anilines is 2. The molecule has 0 radical (unpaired) electrons. The van der Waals surface area contributed by atoms with Crippen LogP contribution in [0, 0.1) is 10.8 Å². The average molecular weight is 959 g/mol. The van der Waals surface area contributed by atoms with Crippen molar-refractivity contribution in [2.75, 3.05) is 56.3 Å². The molecule has 6 rings (SSSR count). The van der Waals surface area contributed by atoms with Crippen LogP contribution < -0.4 is 20.4 Å². The van der Waals surface area contributed by atoms with E-state index < -0.39 is 29.4 Å². The van der Waals surface area contributed by atoms with Crippen molar-refractivity contribution in [3.05, 3.63) is 33.0 Å². The number of aromatic nitrogens is 4. The van der Waals surface area contributed by atoms with Crippen LogP contribution in [0.1, 0.15) is 105 Å². The predicted molar refractivity (Wildman–Crippen MR) is 228 cm³/mol. The molecule has 330 valence electrons. The maximum absolute atomic E-state index is 12.4. The second-order valence-corrected chi connectivity index (χ2v) is 19.1. The van der Waals surface area contributed by atoms with Crippen LogP contribution in [-0.2, 0) is 30.3 Å². The Morgan fingerprint density at radius 1 is 0.780 bits per heavy atom. The number of carbonyl (C=O) groups is 3. The van der Waals surface area contributed by atoms with Gasteiger partial charge in [-0.3, -0.25) is 0 Å². The van der Waals surface area contributed by atoms with Crippen LogP contribution >= 0.6 is 31.9 Å². The summed E-state index contributed by atoms with van der Waals surface area (Å²) in [5.41, 5.74) is -0.680. The Morgan fingerprint density at radius 2 is 1.19 bits per heavy atom. The van der Waals surface area contributed by atoms with E-state index in [0.717, 1.165) is 38.8 Å². The quantitative estimate of drug-likeness (QED) is 0.219. The van der Waals surface area contributed by atoms with E-state index >= 15 is 0 Å². The van der Waals surface area contributed by atoms with Gasteiger partial charge in [-0.15, -0.1) is 0 Å². The molecular weight excluding hydrogens is 896 g/mol. The molecule has 0 unspecified atom stereocenters. The maximum Gasteiger partial charge on any atom is 0.407 e. The number of hydrogen-bond donors (Lipinski definition) is 3. The Hall–Kier alpha value is -3.39. The molecule has 0 aliphatic carbocycles. The van der Waals surface area contributed by atoms with Crippen molar-refractivity contribution in [2.45, 2.75) is 131 Å². The van der Waals surface area contributed by atoms with E-state index in [1.54, 1.807) is 12.4 Å². The molecule has 2 aromatic heterocycles. The summed E-state index contributed by atoms with van der Waals surface area (Å²) in [7, 11) is 1.32. The highest BCUT2D eigenvalue weighted by atomic mass is 79.9. The average Bonchev–Trinajstić information content (AvgIpc) is 3.61. The topological polar surface area (TPSA) is 200 Å². The molecule has 4 saturated heterocycles. The molecule has 4 fully saturated rings. The lowest BCUT2D eigenvalue weighted by molar-refractivity contribution is 0.0424. The number of aliphatic hydroxyl groups is 1. The van der Waals surface area contributed by atoms with Crippen molar-refractivity contribution >= 4 is 61.7 Å². The fraction of sp³-hybridized carbons (Fsp3) is 0.725. The van der Waals surface area contributed by atoms with Gasteiger partial charge >= 0.3 is 18.2 Å². The molecule has 2 spiro atoms. The largest absolute Gasteiger partial charge is 0.464 e. The summed E-state index contributed by atoms with van der Waals surface area (Å²) in [6.45, 7) is 18.9. The molecule has 59 heavy (non-hydrogen) atoms. The number of carbonyl (C=O) groups excluding carboxylic acids is 3. The lowest BCUT2D eigenvalue weighted by Crippen LogP contribution is -2.55. The summed E-state index contributed by atoms with van der Waals surface area (Å²) in [5, 5.41) is 15.7. The van der Waals surface area contributed by atoms with Gasteiger partial charge in [-0.1, -0.05) is 7.43 Å². The normalized spacial score (nSPS) is 23.5. The summed E-state index contributed by atoms with van der Waals surface area (Å²) >= 11 is 6.55. The lowest BCUT2D eigenvalue weighted by Gasteiger charge is -2.43. The van der Waals surface area contributed by atoms with Crippen LogP contribution in [0.15, 0.2) is 21.6 Å². The standard InChI is InChI=1S/C20H29BrN4O5.C19H29BrN4O4.CH4/c1-12-15(24-18(27)30-19(2,3)4)20(11-29-12)6-8-25(9-7-20)16-14(17(26)28-5)23-13(21)10-22-16;1-12-15(23-17(26)28-18(2,3)4)19(11-27-12)5-7-24(8-6-19)16-13(10-25)22-14(20)9-21-16;/h10,12,15H,6-9,11H2,1-5H3,(H,24,27);9,12,15,25H,5-8,10-11H2,1-4H3,(H,23,26);1H4/t2*12-,15+;/m00./s1. The fourth-order valence-electron chi connectivity index (χ4n) is 8.20. The highest BCUT2D eigenvalue weighted by Gasteiger charge is 2.52. The van der Waals surface area contributed by atoms with Crippen LogP contribution in [-0.4, -0.2) is 125 Å². The number of esters is 1. The van der Waals surface area contributed by atoms with E-state index in [1.165, 1.54) is 7.11 Å². The van der Waals surface area contributed by atoms with Gasteiger partial charge in [-0.05, 0) is 113 Å². The number of ether oxygens (including phenoxy) is 5. The molecule has 6 heterocycles. The summed E-state index contributed by atoms with van der Waals surface area (Å²) in [6, 6.07) is -0.247. The molecule has 4 atom stereocenters. The molecule has 0 saturated carbocycles. The second-order valence-electron chi connectivity index (χ2n) is 17.5. The van der Waals surface area contributed by atoms with Crippen molar-refractivity contribution in [1.29, 1.82) is 0 Å². The first-order valence-corrected chi connectivity index (χ1v) is 21.2. The Kier molecular flexibility index (Phi) is 16.0. The van der Waals surface area contributed by atoms with Gasteiger partial charge in [0.05, 0.1) is 63.6 Å². The first-order chi connectivity index (χ1) is 27.2.